The first-order chi connectivity index (χ1) is 10.5. The molecule has 1 aliphatic carbocycles. The van der Waals surface area contributed by atoms with Crippen molar-refractivity contribution in [2.45, 2.75) is 26.2 Å². The highest BCUT2D eigenvalue weighted by Crippen LogP contribution is 2.30. The van der Waals surface area contributed by atoms with Crippen molar-refractivity contribution in [3.05, 3.63) is 56.8 Å². The average molecular weight is 320 g/mol. The first kappa shape index (κ1) is 14.8. The maximum absolute atomic E-state index is 13.2. The minimum Gasteiger partial charge on any atom is -0.266 e. The molecule has 0 aliphatic heterocycles. The summed E-state index contributed by atoms with van der Waals surface area (Å²) < 4.78 is 26.1. The van der Waals surface area contributed by atoms with Crippen LogP contribution in [0.2, 0.25) is 0 Å². The lowest BCUT2D eigenvalue weighted by molar-refractivity contribution is 0.0959. The summed E-state index contributed by atoms with van der Waals surface area (Å²) >= 11 is 1.49. The number of nitrogens with zero attached hydrogens (tertiary/aromatic N) is 1. The molecule has 1 aromatic heterocycles. The molecule has 3 nitrogen and oxygen atoms in total. The summed E-state index contributed by atoms with van der Waals surface area (Å²) in [5, 5.41) is 3.96. The van der Waals surface area contributed by atoms with Gasteiger partial charge in [-0.3, -0.25) is 4.79 Å². The fraction of sp³-hybridized carbons (Fsp3) is 0.250. The molecule has 0 radical (unpaired) electrons. The van der Waals surface area contributed by atoms with E-state index >= 15 is 0 Å². The molecule has 2 aromatic rings. The number of nitrogens with one attached hydrogen (secondary N) is 1. The molecule has 0 fully saturated rings. The van der Waals surface area contributed by atoms with Gasteiger partial charge in [0.2, 0.25) is 0 Å². The topological polar surface area (TPSA) is 41.5 Å². The Balaban J connectivity index is 1.71. The van der Waals surface area contributed by atoms with E-state index in [2.05, 4.69) is 10.5 Å². The monoisotopic (exact) mass is 320 g/mol. The molecule has 114 valence electrons. The molecule has 0 saturated carbocycles. The van der Waals surface area contributed by atoms with Crippen molar-refractivity contribution in [3.8, 4) is 0 Å². The van der Waals surface area contributed by atoms with Crippen LogP contribution in [0.3, 0.4) is 0 Å². The van der Waals surface area contributed by atoms with E-state index < -0.39 is 11.6 Å². The average Bonchev–Trinajstić information content (AvgIpc) is 3.08. The minimum absolute atomic E-state index is 0.277. The molecule has 3 rings (SSSR count). The van der Waals surface area contributed by atoms with E-state index in [1.165, 1.54) is 27.8 Å². The van der Waals surface area contributed by atoms with Crippen LogP contribution in [-0.4, -0.2) is 11.6 Å². The van der Waals surface area contributed by atoms with Crippen LogP contribution in [0.25, 0.3) is 0 Å². The van der Waals surface area contributed by atoms with Gasteiger partial charge in [0.15, 0.2) is 11.6 Å². The quantitative estimate of drug-likeness (QED) is 0.680. The number of amides is 1. The number of aryl methyl sites for hydroxylation is 2. The Morgan fingerprint density at radius 3 is 2.77 bits per heavy atom. The Morgan fingerprint density at radius 1 is 1.23 bits per heavy atom. The fourth-order valence-corrected chi connectivity index (χ4v) is 3.56. The molecular formula is C16H14F2N2OS. The Hall–Kier alpha value is -2.08. The third-order valence-electron chi connectivity index (χ3n) is 3.63. The van der Waals surface area contributed by atoms with Crippen LogP contribution in [0.5, 0.6) is 0 Å². The van der Waals surface area contributed by atoms with E-state index in [9.17, 15) is 13.6 Å². The summed E-state index contributed by atoms with van der Waals surface area (Å²) in [6.07, 6.45) is 3.21. The van der Waals surface area contributed by atoms with Crippen molar-refractivity contribution in [2.24, 2.45) is 5.10 Å². The SMILES string of the molecule is C/C(=N/NC(=O)c1cc2c(s1)CCC2)c1ccc(F)c(F)c1. The molecule has 1 aromatic carbocycles. The highest BCUT2D eigenvalue weighted by molar-refractivity contribution is 7.14. The molecule has 0 atom stereocenters. The van der Waals surface area contributed by atoms with Crippen molar-refractivity contribution in [2.75, 3.05) is 0 Å². The molecule has 22 heavy (non-hydrogen) atoms. The predicted molar refractivity (Wildman–Crippen MR) is 82.4 cm³/mol. The fourth-order valence-electron chi connectivity index (χ4n) is 2.42. The van der Waals surface area contributed by atoms with Crippen molar-refractivity contribution in [1.29, 1.82) is 0 Å². The first-order valence-electron chi connectivity index (χ1n) is 6.96. The van der Waals surface area contributed by atoms with E-state index in [4.69, 9.17) is 0 Å². The van der Waals surface area contributed by atoms with Crippen molar-refractivity contribution >= 4 is 23.0 Å². The van der Waals surface area contributed by atoms with Gasteiger partial charge in [-0.25, -0.2) is 14.2 Å². The van der Waals surface area contributed by atoms with Crippen molar-refractivity contribution in [3.63, 3.8) is 0 Å². The Bertz CT molecular complexity index is 746. The maximum Gasteiger partial charge on any atom is 0.281 e. The number of hydrogen-bond acceptors (Lipinski definition) is 3. The summed E-state index contributed by atoms with van der Waals surface area (Å²) in [5.41, 5.74) is 4.55. The summed E-state index contributed by atoms with van der Waals surface area (Å²) in [4.78, 5) is 14.0. The minimum atomic E-state index is -0.937. The van der Waals surface area contributed by atoms with Crippen LogP contribution in [0.15, 0.2) is 29.4 Å². The number of rotatable bonds is 3. The van der Waals surface area contributed by atoms with Gasteiger partial charge in [0.05, 0.1) is 10.6 Å². The van der Waals surface area contributed by atoms with Crippen LogP contribution in [0.1, 0.15) is 39.0 Å². The number of hydrogen-bond donors (Lipinski definition) is 1. The molecule has 0 bridgehead atoms. The normalized spacial score (nSPS) is 14.0. The van der Waals surface area contributed by atoms with Crippen LogP contribution in [0.4, 0.5) is 8.78 Å². The van der Waals surface area contributed by atoms with Gasteiger partial charge < -0.3 is 0 Å². The standard InChI is InChI=1S/C16H14F2N2OS/c1-9(10-5-6-12(17)13(18)7-10)19-20-16(21)15-8-11-3-2-4-14(11)22-15/h5-8H,2-4H2,1H3,(H,20,21)/b19-9-. The Labute approximate surface area is 130 Å². The number of benzene rings is 1. The summed E-state index contributed by atoms with van der Waals surface area (Å²) in [5.74, 6) is -2.12. The number of thiophene rings is 1. The van der Waals surface area contributed by atoms with Crippen LogP contribution in [0, 0.1) is 11.6 Å². The van der Waals surface area contributed by atoms with Gasteiger partial charge in [0.1, 0.15) is 0 Å². The lowest BCUT2D eigenvalue weighted by atomic mass is 10.1. The Morgan fingerprint density at radius 2 is 2.05 bits per heavy atom. The third kappa shape index (κ3) is 2.92. The molecule has 1 amide bonds. The molecule has 6 heteroatoms. The third-order valence-corrected chi connectivity index (χ3v) is 4.87. The number of fused-ring (bicyclic) bond motifs is 1. The zero-order valence-corrected chi connectivity index (χ0v) is 12.8. The van der Waals surface area contributed by atoms with E-state index in [-0.39, 0.29) is 5.91 Å². The van der Waals surface area contributed by atoms with Crippen molar-refractivity contribution in [1.82, 2.24) is 5.43 Å². The molecule has 0 unspecified atom stereocenters. The zero-order valence-electron chi connectivity index (χ0n) is 12.0. The lowest BCUT2D eigenvalue weighted by Gasteiger charge is -2.02. The van der Waals surface area contributed by atoms with Crippen LogP contribution in [-0.2, 0) is 12.8 Å². The number of carbonyl (C=O) groups is 1. The van der Waals surface area contributed by atoms with Gasteiger partial charge in [-0.05, 0) is 56.0 Å². The van der Waals surface area contributed by atoms with Gasteiger partial charge in [-0.2, -0.15) is 5.10 Å². The molecular weight excluding hydrogens is 306 g/mol. The number of carbonyl (C=O) groups excluding carboxylic acids is 1. The summed E-state index contributed by atoms with van der Waals surface area (Å²) in [6.45, 7) is 1.63. The second kappa shape index (κ2) is 5.96. The maximum atomic E-state index is 13.2. The van der Waals surface area contributed by atoms with E-state index in [1.807, 2.05) is 6.07 Å². The lowest BCUT2D eigenvalue weighted by Crippen LogP contribution is -2.18. The molecule has 1 heterocycles. The van der Waals surface area contributed by atoms with E-state index in [0.717, 1.165) is 31.4 Å². The number of hydrazone groups is 1. The highest BCUT2D eigenvalue weighted by atomic mass is 32.1. The smallest absolute Gasteiger partial charge is 0.266 e. The predicted octanol–water partition coefficient (Wildman–Crippen LogP) is 3.67. The summed E-state index contributed by atoms with van der Waals surface area (Å²) in [7, 11) is 0. The van der Waals surface area contributed by atoms with Gasteiger partial charge in [-0.15, -0.1) is 11.3 Å². The Kier molecular flexibility index (Phi) is 4.02. The first-order valence-corrected chi connectivity index (χ1v) is 7.78. The molecule has 0 spiro atoms. The largest absolute Gasteiger partial charge is 0.281 e. The van der Waals surface area contributed by atoms with Crippen LogP contribution >= 0.6 is 11.3 Å². The summed E-state index contributed by atoms with van der Waals surface area (Å²) in [6, 6.07) is 5.42. The molecule has 1 N–H and O–H groups in total. The number of halogens is 2. The van der Waals surface area contributed by atoms with E-state index in [1.54, 1.807) is 6.92 Å². The van der Waals surface area contributed by atoms with E-state index in [0.29, 0.717) is 16.2 Å². The molecule has 0 saturated heterocycles. The van der Waals surface area contributed by atoms with Crippen molar-refractivity contribution < 1.29 is 13.6 Å². The highest BCUT2D eigenvalue weighted by Gasteiger charge is 2.18. The second-order valence-corrected chi connectivity index (χ2v) is 6.32. The van der Waals surface area contributed by atoms with Gasteiger partial charge in [0.25, 0.3) is 5.91 Å². The van der Waals surface area contributed by atoms with Gasteiger partial charge >= 0.3 is 0 Å². The zero-order chi connectivity index (χ0) is 15.7. The second-order valence-electron chi connectivity index (χ2n) is 5.18. The van der Waals surface area contributed by atoms with Crippen LogP contribution < -0.4 is 5.43 Å². The molecule has 1 aliphatic rings. The van der Waals surface area contributed by atoms with Gasteiger partial charge in [0, 0.05) is 10.4 Å². The van der Waals surface area contributed by atoms with Gasteiger partial charge in [-0.1, -0.05) is 0 Å².